The normalized spacial score (nSPS) is 22.1. The Bertz CT molecular complexity index is 880. The summed E-state index contributed by atoms with van der Waals surface area (Å²) in [6, 6.07) is 10.6. The van der Waals surface area contributed by atoms with Crippen LogP contribution in [0, 0.1) is 11.3 Å². The van der Waals surface area contributed by atoms with Gasteiger partial charge in [0, 0.05) is 31.4 Å². The number of hydrogen-bond acceptors (Lipinski definition) is 6. The molecule has 1 aromatic carbocycles. The lowest BCUT2D eigenvalue weighted by Crippen LogP contribution is -2.56. The molecule has 2 aromatic rings. The molecule has 2 saturated heterocycles. The van der Waals surface area contributed by atoms with Crippen LogP contribution in [0.25, 0.3) is 0 Å². The van der Waals surface area contributed by atoms with Crippen LogP contribution < -0.4 is 10.2 Å². The van der Waals surface area contributed by atoms with Crippen molar-refractivity contribution < 1.29 is 13.2 Å². The third kappa shape index (κ3) is 3.87. The third-order valence-electron chi connectivity index (χ3n) is 5.23. The highest BCUT2D eigenvalue weighted by Crippen LogP contribution is 2.34. The molecule has 2 aliphatic heterocycles. The lowest BCUT2D eigenvalue weighted by atomic mass is 10.2. The molecule has 146 valence electrons. The monoisotopic (exact) mass is 388 g/mol. The number of anilines is 3. The van der Waals surface area contributed by atoms with Crippen molar-refractivity contribution in [2.75, 3.05) is 29.9 Å². The first-order valence-electron chi connectivity index (χ1n) is 9.09. The SMILES string of the molecule is N#Cc1ccccc1Nc1ccnc(N2CC3CCC(C2)N3CC(F)(F)F)n1. The number of piperazine rings is 1. The molecular formula is C19H19F3N6. The summed E-state index contributed by atoms with van der Waals surface area (Å²) in [6.45, 7) is 0.0964. The smallest absolute Gasteiger partial charge is 0.339 e. The fraction of sp³-hybridized carbons (Fsp3) is 0.421. The van der Waals surface area contributed by atoms with E-state index in [1.165, 1.54) is 0 Å². The summed E-state index contributed by atoms with van der Waals surface area (Å²) < 4.78 is 38.5. The van der Waals surface area contributed by atoms with Gasteiger partial charge >= 0.3 is 6.18 Å². The van der Waals surface area contributed by atoms with Gasteiger partial charge in [0.1, 0.15) is 11.9 Å². The minimum Gasteiger partial charge on any atom is -0.339 e. The molecule has 1 aromatic heterocycles. The van der Waals surface area contributed by atoms with Crippen LogP contribution in [-0.4, -0.2) is 52.8 Å². The number of fused-ring (bicyclic) bond motifs is 2. The predicted molar refractivity (Wildman–Crippen MR) is 98.3 cm³/mol. The minimum absolute atomic E-state index is 0.139. The van der Waals surface area contributed by atoms with E-state index < -0.39 is 12.7 Å². The van der Waals surface area contributed by atoms with Crippen LogP contribution in [0.15, 0.2) is 36.5 Å². The van der Waals surface area contributed by atoms with Gasteiger partial charge in [-0.05, 0) is 31.0 Å². The molecule has 4 rings (SSSR count). The minimum atomic E-state index is -4.18. The third-order valence-corrected chi connectivity index (χ3v) is 5.23. The van der Waals surface area contributed by atoms with E-state index in [2.05, 4.69) is 21.4 Å². The number of nitrogens with zero attached hydrogens (tertiary/aromatic N) is 5. The van der Waals surface area contributed by atoms with Crippen molar-refractivity contribution in [3.63, 3.8) is 0 Å². The molecule has 0 amide bonds. The maximum atomic E-state index is 12.8. The van der Waals surface area contributed by atoms with Crippen LogP contribution in [0.1, 0.15) is 18.4 Å². The topological polar surface area (TPSA) is 68.1 Å². The molecule has 28 heavy (non-hydrogen) atoms. The first kappa shape index (κ1) is 18.5. The number of para-hydroxylation sites is 1. The Balaban J connectivity index is 1.49. The zero-order valence-electron chi connectivity index (χ0n) is 15.0. The molecule has 9 heteroatoms. The van der Waals surface area contributed by atoms with Gasteiger partial charge in [0.2, 0.25) is 5.95 Å². The number of nitrogens with one attached hydrogen (secondary N) is 1. The van der Waals surface area contributed by atoms with Gasteiger partial charge in [0.15, 0.2) is 0 Å². The molecule has 2 atom stereocenters. The Hall–Kier alpha value is -2.86. The summed E-state index contributed by atoms with van der Waals surface area (Å²) in [5, 5.41) is 12.3. The molecule has 0 radical (unpaired) electrons. The van der Waals surface area contributed by atoms with E-state index in [-0.39, 0.29) is 12.1 Å². The highest BCUT2D eigenvalue weighted by molar-refractivity contribution is 5.64. The maximum Gasteiger partial charge on any atom is 0.401 e. The first-order valence-corrected chi connectivity index (χ1v) is 9.09. The molecule has 0 saturated carbocycles. The second-order valence-electron chi connectivity index (χ2n) is 7.10. The van der Waals surface area contributed by atoms with Crippen LogP contribution in [0.2, 0.25) is 0 Å². The van der Waals surface area contributed by atoms with Gasteiger partial charge in [0.05, 0.1) is 17.8 Å². The van der Waals surface area contributed by atoms with Gasteiger partial charge in [-0.25, -0.2) is 4.98 Å². The zero-order valence-corrected chi connectivity index (χ0v) is 15.0. The van der Waals surface area contributed by atoms with E-state index in [9.17, 15) is 18.4 Å². The van der Waals surface area contributed by atoms with Crippen molar-refractivity contribution in [1.82, 2.24) is 14.9 Å². The zero-order chi connectivity index (χ0) is 19.7. The van der Waals surface area contributed by atoms with Crippen molar-refractivity contribution in [2.45, 2.75) is 31.1 Å². The molecular weight excluding hydrogens is 369 g/mol. The van der Waals surface area contributed by atoms with Crippen LogP contribution >= 0.6 is 0 Å². The fourth-order valence-electron chi connectivity index (χ4n) is 4.02. The average Bonchev–Trinajstić information content (AvgIpc) is 2.89. The van der Waals surface area contributed by atoms with E-state index in [4.69, 9.17) is 0 Å². The Kier molecular flexibility index (Phi) is 4.81. The molecule has 6 nitrogen and oxygen atoms in total. The molecule has 3 heterocycles. The molecule has 2 aliphatic rings. The second-order valence-corrected chi connectivity index (χ2v) is 7.10. The lowest BCUT2D eigenvalue weighted by Gasteiger charge is -2.41. The van der Waals surface area contributed by atoms with E-state index in [0.29, 0.717) is 36.1 Å². The van der Waals surface area contributed by atoms with Gasteiger partial charge < -0.3 is 10.2 Å². The van der Waals surface area contributed by atoms with Crippen LogP contribution in [0.5, 0.6) is 0 Å². The van der Waals surface area contributed by atoms with Crippen molar-refractivity contribution in [1.29, 1.82) is 5.26 Å². The fourth-order valence-corrected chi connectivity index (χ4v) is 4.02. The molecule has 2 bridgehead atoms. The number of nitriles is 1. The summed E-state index contributed by atoms with van der Waals surface area (Å²) in [6.07, 6.45) is -1.06. The number of rotatable bonds is 4. The number of aromatic nitrogens is 2. The molecule has 2 fully saturated rings. The largest absolute Gasteiger partial charge is 0.401 e. The van der Waals surface area contributed by atoms with Crippen molar-refractivity contribution in [3.8, 4) is 6.07 Å². The Morgan fingerprint density at radius 1 is 1.14 bits per heavy atom. The molecule has 0 spiro atoms. The van der Waals surface area contributed by atoms with Crippen LogP contribution in [-0.2, 0) is 0 Å². The van der Waals surface area contributed by atoms with E-state index in [1.54, 1.807) is 35.4 Å². The van der Waals surface area contributed by atoms with Gasteiger partial charge in [0.25, 0.3) is 0 Å². The number of hydrogen-bond donors (Lipinski definition) is 1. The standard InChI is InChI=1S/C19H19F3N6/c20-19(21,22)12-28-14-5-6-15(28)11-27(10-14)18-24-8-7-17(26-18)25-16-4-2-1-3-13(16)9-23/h1-4,7-8,14-15H,5-6,10-12H2,(H,24,25,26). The van der Waals surface area contributed by atoms with Crippen molar-refractivity contribution in [2.24, 2.45) is 0 Å². The quantitative estimate of drug-likeness (QED) is 0.867. The number of halogens is 3. The maximum absolute atomic E-state index is 12.8. The summed E-state index contributed by atoms with van der Waals surface area (Å²) in [5.74, 6) is 1.03. The van der Waals surface area contributed by atoms with Crippen LogP contribution in [0.4, 0.5) is 30.6 Å². The Labute approximate surface area is 160 Å². The van der Waals surface area contributed by atoms with Gasteiger partial charge in [-0.3, -0.25) is 4.90 Å². The number of benzene rings is 1. The highest BCUT2D eigenvalue weighted by atomic mass is 19.4. The van der Waals surface area contributed by atoms with E-state index in [1.807, 2.05) is 11.0 Å². The van der Waals surface area contributed by atoms with Crippen molar-refractivity contribution in [3.05, 3.63) is 42.1 Å². The molecule has 2 unspecified atom stereocenters. The van der Waals surface area contributed by atoms with Crippen LogP contribution in [0.3, 0.4) is 0 Å². The van der Waals surface area contributed by atoms with Gasteiger partial charge in [-0.15, -0.1) is 0 Å². The van der Waals surface area contributed by atoms with Gasteiger partial charge in [-0.2, -0.15) is 23.4 Å². The highest BCUT2D eigenvalue weighted by Gasteiger charge is 2.45. The predicted octanol–water partition coefficient (Wildman–Crippen LogP) is 3.31. The van der Waals surface area contributed by atoms with Crippen molar-refractivity contribution >= 4 is 17.5 Å². The summed E-state index contributed by atoms with van der Waals surface area (Å²) in [5.41, 5.74) is 1.14. The second kappa shape index (κ2) is 7.28. The first-order chi connectivity index (χ1) is 13.4. The Morgan fingerprint density at radius 3 is 2.54 bits per heavy atom. The van der Waals surface area contributed by atoms with E-state index >= 15 is 0 Å². The Morgan fingerprint density at radius 2 is 1.86 bits per heavy atom. The summed E-state index contributed by atoms with van der Waals surface area (Å²) in [7, 11) is 0. The lowest BCUT2D eigenvalue weighted by molar-refractivity contribution is -0.153. The molecule has 1 N–H and O–H groups in total. The van der Waals surface area contributed by atoms with Gasteiger partial charge in [-0.1, -0.05) is 12.1 Å². The number of alkyl halides is 3. The average molecular weight is 388 g/mol. The summed E-state index contributed by atoms with van der Waals surface area (Å²) in [4.78, 5) is 12.4. The molecule has 0 aliphatic carbocycles. The summed E-state index contributed by atoms with van der Waals surface area (Å²) >= 11 is 0. The van der Waals surface area contributed by atoms with E-state index in [0.717, 1.165) is 12.8 Å².